The van der Waals surface area contributed by atoms with Gasteiger partial charge in [-0.3, -0.25) is 0 Å². The van der Waals surface area contributed by atoms with Crippen molar-refractivity contribution in [3.63, 3.8) is 0 Å². The standard InChI is InChI=1S/C17H20N3.HI/c1-19(2)17-9-8-16(14-18-17)7-5-4-6-15-10-12-20(3)13-11-15;/h4-14H,1-3H3;1H/q+1;/p-1. The summed E-state index contributed by atoms with van der Waals surface area (Å²) in [5, 5.41) is 0. The Morgan fingerprint density at radius 2 is 1.57 bits per heavy atom. The zero-order valence-electron chi connectivity index (χ0n) is 12.6. The average molecular weight is 393 g/mol. The highest BCUT2D eigenvalue weighted by Crippen LogP contribution is 2.09. The van der Waals surface area contributed by atoms with Crippen LogP contribution < -0.4 is 33.4 Å². The van der Waals surface area contributed by atoms with Crippen molar-refractivity contribution >= 4 is 18.0 Å². The van der Waals surface area contributed by atoms with Gasteiger partial charge in [-0.25, -0.2) is 9.55 Å². The van der Waals surface area contributed by atoms with Crippen LogP contribution in [0.4, 0.5) is 5.82 Å². The number of pyridine rings is 2. The van der Waals surface area contributed by atoms with Gasteiger partial charge >= 0.3 is 0 Å². The van der Waals surface area contributed by atoms with E-state index < -0.39 is 0 Å². The first-order valence-corrected chi connectivity index (χ1v) is 6.58. The van der Waals surface area contributed by atoms with Crippen molar-refractivity contribution in [3.8, 4) is 0 Å². The molecule has 0 aromatic carbocycles. The van der Waals surface area contributed by atoms with Gasteiger partial charge in [-0.1, -0.05) is 24.3 Å². The van der Waals surface area contributed by atoms with Crippen molar-refractivity contribution in [2.75, 3.05) is 19.0 Å². The van der Waals surface area contributed by atoms with Crippen LogP contribution in [0.5, 0.6) is 0 Å². The number of hydrogen-bond acceptors (Lipinski definition) is 2. The Hall–Kier alpha value is -1.69. The monoisotopic (exact) mass is 393 g/mol. The van der Waals surface area contributed by atoms with Crippen molar-refractivity contribution < 1.29 is 28.5 Å². The van der Waals surface area contributed by atoms with Crippen molar-refractivity contribution in [2.24, 2.45) is 7.05 Å². The first-order valence-electron chi connectivity index (χ1n) is 6.58. The number of rotatable bonds is 4. The Morgan fingerprint density at radius 3 is 2.10 bits per heavy atom. The number of allylic oxidation sites excluding steroid dienone is 2. The van der Waals surface area contributed by atoms with Gasteiger partial charge in [-0.15, -0.1) is 0 Å². The van der Waals surface area contributed by atoms with Crippen LogP contribution in [0.3, 0.4) is 0 Å². The van der Waals surface area contributed by atoms with Gasteiger partial charge in [0.05, 0.1) is 0 Å². The van der Waals surface area contributed by atoms with E-state index >= 15 is 0 Å². The molecule has 0 saturated heterocycles. The number of aromatic nitrogens is 2. The topological polar surface area (TPSA) is 20.0 Å². The molecule has 0 bridgehead atoms. The summed E-state index contributed by atoms with van der Waals surface area (Å²) in [4.78, 5) is 6.36. The molecule has 0 amide bonds. The third kappa shape index (κ3) is 5.67. The molecule has 0 aliphatic heterocycles. The van der Waals surface area contributed by atoms with Crippen LogP contribution >= 0.6 is 0 Å². The molecular weight excluding hydrogens is 373 g/mol. The summed E-state index contributed by atoms with van der Waals surface area (Å²) in [5.41, 5.74) is 2.29. The second kappa shape index (κ2) is 8.56. The zero-order chi connectivity index (χ0) is 14.4. The smallest absolute Gasteiger partial charge is 0.169 e. The fraction of sp³-hybridized carbons (Fsp3) is 0.176. The first-order chi connectivity index (χ1) is 9.65. The summed E-state index contributed by atoms with van der Waals surface area (Å²) < 4.78 is 2.02. The summed E-state index contributed by atoms with van der Waals surface area (Å²) in [5.74, 6) is 0.967. The summed E-state index contributed by atoms with van der Waals surface area (Å²) in [6.07, 6.45) is 14.1. The van der Waals surface area contributed by atoms with Gasteiger partial charge in [0.2, 0.25) is 0 Å². The van der Waals surface area contributed by atoms with Crippen LogP contribution in [0.2, 0.25) is 0 Å². The molecule has 110 valence electrons. The molecule has 0 unspecified atom stereocenters. The number of anilines is 1. The second-order valence-electron chi connectivity index (χ2n) is 4.86. The predicted molar refractivity (Wildman–Crippen MR) is 84.3 cm³/mol. The van der Waals surface area contributed by atoms with E-state index in [0.717, 1.165) is 11.4 Å². The maximum atomic E-state index is 4.37. The molecule has 3 nitrogen and oxygen atoms in total. The lowest BCUT2D eigenvalue weighted by Gasteiger charge is -2.10. The number of aryl methyl sites for hydroxylation is 1. The molecule has 2 aromatic rings. The van der Waals surface area contributed by atoms with Gasteiger partial charge in [0.15, 0.2) is 12.4 Å². The first kappa shape index (κ1) is 17.4. The van der Waals surface area contributed by atoms with Gasteiger partial charge in [0.25, 0.3) is 0 Å². The molecule has 21 heavy (non-hydrogen) atoms. The number of hydrogen-bond donors (Lipinski definition) is 0. The molecule has 0 aliphatic rings. The molecular formula is C17H20IN3. The lowest BCUT2D eigenvalue weighted by atomic mass is 10.2. The highest BCUT2D eigenvalue weighted by atomic mass is 127. The van der Waals surface area contributed by atoms with Crippen molar-refractivity contribution in [1.29, 1.82) is 0 Å². The van der Waals surface area contributed by atoms with Gasteiger partial charge in [-0.05, 0) is 23.3 Å². The Bertz CT molecular complexity index is 599. The molecule has 2 heterocycles. The van der Waals surface area contributed by atoms with Gasteiger partial charge in [0.1, 0.15) is 12.9 Å². The van der Waals surface area contributed by atoms with Crippen LogP contribution in [0.15, 0.2) is 55.0 Å². The molecule has 4 heteroatoms. The minimum absolute atomic E-state index is 0. The average Bonchev–Trinajstić information content (AvgIpc) is 2.46. The molecule has 0 N–H and O–H groups in total. The molecule has 0 atom stereocenters. The van der Waals surface area contributed by atoms with Gasteiger partial charge in [0, 0.05) is 32.4 Å². The number of halogens is 1. The minimum Gasteiger partial charge on any atom is -1.00 e. The summed E-state index contributed by atoms with van der Waals surface area (Å²) >= 11 is 0. The molecule has 2 rings (SSSR count). The van der Waals surface area contributed by atoms with Gasteiger partial charge < -0.3 is 28.9 Å². The largest absolute Gasteiger partial charge is 1.00 e. The SMILES string of the molecule is CN(C)c1ccc(/C=C/C=C/c2cc[n+](C)cc2)cn1.[I-]. The van der Waals surface area contributed by atoms with E-state index in [-0.39, 0.29) is 24.0 Å². The van der Waals surface area contributed by atoms with E-state index in [9.17, 15) is 0 Å². The summed E-state index contributed by atoms with van der Waals surface area (Å²) in [6.45, 7) is 0. The van der Waals surface area contributed by atoms with Crippen LogP contribution in [-0.4, -0.2) is 19.1 Å². The van der Waals surface area contributed by atoms with Crippen LogP contribution in [-0.2, 0) is 7.05 Å². The van der Waals surface area contributed by atoms with Crippen LogP contribution in [0.1, 0.15) is 11.1 Å². The third-order valence-corrected chi connectivity index (χ3v) is 2.92. The highest BCUT2D eigenvalue weighted by Gasteiger charge is 1.94. The van der Waals surface area contributed by atoms with E-state index in [0.29, 0.717) is 0 Å². The Labute approximate surface area is 143 Å². The normalized spacial score (nSPS) is 10.8. The number of nitrogens with zero attached hydrogens (tertiary/aromatic N) is 3. The third-order valence-electron chi connectivity index (χ3n) is 2.92. The van der Waals surface area contributed by atoms with Crippen LogP contribution in [0.25, 0.3) is 12.2 Å². The summed E-state index contributed by atoms with van der Waals surface area (Å²) in [6, 6.07) is 8.24. The maximum absolute atomic E-state index is 4.37. The molecule has 0 fully saturated rings. The maximum Gasteiger partial charge on any atom is 0.169 e. The molecule has 0 spiro atoms. The van der Waals surface area contributed by atoms with E-state index in [4.69, 9.17) is 0 Å². The second-order valence-corrected chi connectivity index (χ2v) is 4.86. The van der Waals surface area contributed by atoms with Crippen LogP contribution in [0, 0.1) is 0 Å². The van der Waals surface area contributed by atoms with Gasteiger partial charge in [-0.2, -0.15) is 0 Å². The molecule has 2 aromatic heterocycles. The van der Waals surface area contributed by atoms with E-state index in [2.05, 4.69) is 29.3 Å². The summed E-state index contributed by atoms with van der Waals surface area (Å²) in [7, 11) is 5.98. The van der Waals surface area contributed by atoms with E-state index in [1.54, 1.807) is 0 Å². The lowest BCUT2D eigenvalue weighted by Crippen LogP contribution is -3.00. The molecule has 0 aliphatic carbocycles. The van der Waals surface area contributed by atoms with Crippen molar-refractivity contribution in [2.45, 2.75) is 0 Å². The zero-order valence-corrected chi connectivity index (χ0v) is 14.7. The Kier molecular flexibility index (Phi) is 7.08. The van der Waals surface area contributed by atoms with Crippen molar-refractivity contribution in [1.82, 2.24) is 4.98 Å². The fourth-order valence-electron chi connectivity index (χ4n) is 1.72. The Morgan fingerprint density at radius 1 is 0.952 bits per heavy atom. The quantitative estimate of drug-likeness (QED) is 0.404. The Balaban J connectivity index is 0.00000220. The van der Waals surface area contributed by atoms with E-state index in [1.807, 2.05) is 73.5 Å². The fourth-order valence-corrected chi connectivity index (χ4v) is 1.72. The minimum atomic E-state index is 0. The predicted octanol–water partition coefficient (Wildman–Crippen LogP) is -0.297. The molecule has 0 saturated carbocycles. The highest BCUT2D eigenvalue weighted by molar-refractivity contribution is 5.57. The molecule has 0 radical (unpaired) electrons. The van der Waals surface area contributed by atoms with E-state index in [1.165, 1.54) is 5.56 Å². The van der Waals surface area contributed by atoms with Crippen molar-refractivity contribution in [3.05, 3.63) is 66.1 Å². The lowest BCUT2D eigenvalue weighted by molar-refractivity contribution is -0.671.